The van der Waals surface area contributed by atoms with Crippen LogP contribution < -0.4 is 20.4 Å². The number of benzene rings is 2. The third kappa shape index (κ3) is 4.90. The first-order valence-corrected chi connectivity index (χ1v) is 9.76. The molecule has 31 heavy (non-hydrogen) atoms. The van der Waals surface area contributed by atoms with E-state index in [2.05, 4.69) is 10.3 Å². The first kappa shape index (κ1) is 20.2. The van der Waals surface area contributed by atoms with E-state index in [-0.39, 0.29) is 5.91 Å². The van der Waals surface area contributed by atoms with Crippen molar-refractivity contribution >= 4 is 22.6 Å². The largest absolute Gasteiger partial charge is 0.490 e. The number of nitrogens with one attached hydrogen (secondary N) is 1. The number of aromatic nitrogens is 1. The molecular weight excluding hydrogens is 396 g/mol. The molecule has 156 valence electrons. The first-order chi connectivity index (χ1) is 15.1. The van der Waals surface area contributed by atoms with E-state index < -0.39 is 5.63 Å². The number of carbonyl (C=O) groups is 1. The van der Waals surface area contributed by atoms with Gasteiger partial charge in [-0.3, -0.25) is 9.78 Å². The molecule has 2 heterocycles. The quantitative estimate of drug-likeness (QED) is 0.449. The Morgan fingerprint density at radius 1 is 0.968 bits per heavy atom. The van der Waals surface area contributed by atoms with Gasteiger partial charge in [0.25, 0.3) is 5.91 Å². The standard InChI is InChI=1S/C24H20N2O5/c1-2-29-22-14-18(3-6-21(22)30-15-16-9-11-25-12-10-16)24(28)26-19-5-7-20-17(13-19)4-8-23(27)31-20/h3-14H,2,15H2,1H3,(H,26,28). The highest BCUT2D eigenvalue weighted by Crippen LogP contribution is 2.30. The van der Waals surface area contributed by atoms with Crippen LogP contribution in [0, 0.1) is 0 Å². The van der Waals surface area contributed by atoms with Crippen LogP contribution in [0.15, 0.2) is 82.3 Å². The van der Waals surface area contributed by atoms with Gasteiger partial charge in [0.1, 0.15) is 12.2 Å². The lowest BCUT2D eigenvalue weighted by molar-refractivity contribution is 0.102. The van der Waals surface area contributed by atoms with Gasteiger partial charge in [0.05, 0.1) is 6.61 Å². The van der Waals surface area contributed by atoms with E-state index in [0.717, 1.165) is 5.56 Å². The van der Waals surface area contributed by atoms with Gasteiger partial charge in [-0.05, 0) is 67.1 Å². The molecule has 0 saturated carbocycles. The Morgan fingerprint density at radius 2 is 1.81 bits per heavy atom. The van der Waals surface area contributed by atoms with Crippen molar-refractivity contribution in [2.75, 3.05) is 11.9 Å². The van der Waals surface area contributed by atoms with E-state index in [0.29, 0.717) is 46.9 Å². The molecule has 1 amide bonds. The van der Waals surface area contributed by atoms with Crippen molar-refractivity contribution in [3.8, 4) is 11.5 Å². The van der Waals surface area contributed by atoms with E-state index in [4.69, 9.17) is 13.9 Å². The highest BCUT2D eigenvalue weighted by molar-refractivity contribution is 6.05. The van der Waals surface area contributed by atoms with Crippen molar-refractivity contribution in [2.45, 2.75) is 13.5 Å². The summed E-state index contributed by atoms with van der Waals surface area (Å²) in [5, 5.41) is 3.56. The number of anilines is 1. The Hall–Kier alpha value is -4.13. The molecule has 7 heteroatoms. The fourth-order valence-corrected chi connectivity index (χ4v) is 3.03. The van der Waals surface area contributed by atoms with Crippen LogP contribution in [-0.2, 0) is 6.61 Å². The van der Waals surface area contributed by atoms with Crippen molar-refractivity contribution in [3.05, 3.63) is 94.6 Å². The topological polar surface area (TPSA) is 90.7 Å². The molecule has 0 saturated heterocycles. The second-order valence-corrected chi connectivity index (χ2v) is 6.70. The molecule has 4 aromatic rings. The molecule has 4 rings (SSSR count). The summed E-state index contributed by atoms with van der Waals surface area (Å²) in [4.78, 5) is 28.1. The van der Waals surface area contributed by atoms with Gasteiger partial charge in [-0.2, -0.15) is 0 Å². The van der Waals surface area contributed by atoms with Crippen LogP contribution in [-0.4, -0.2) is 17.5 Å². The van der Waals surface area contributed by atoms with Gasteiger partial charge < -0.3 is 19.2 Å². The maximum atomic E-state index is 12.8. The van der Waals surface area contributed by atoms with Crippen molar-refractivity contribution in [2.24, 2.45) is 0 Å². The van der Waals surface area contributed by atoms with Gasteiger partial charge in [0.15, 0.2) is 11.5 Å². The Labute approximate surface area is 178 Å². The lowest BCUT2D eigenvalue weighted by Gasteiger charge is -2.14. The summed E-state index contributed by atoms with van der Waals surface area (Å²) in [7, 11) is 0. The Balaban J connectivity index is 1.51. The molecule has 0 spiro atoms. The molecule has 0 aliphatic heterocycles. The molecular formula is C24H20N2O5. The minimum atomic E-state index is -0.418. The summed E-state index contributed by atoms with van der Waals surface area (Å²) < 4.78 is 16.7. The molecule has 7 nitrogen and oxygen atoms in total. The third-order valence-corrected chi connectivity index (χ3v) is 4.53. The monoisotopic (exact) mass is 416 g/mol. The van der Waals surface area contributed by atoms with Gasteiger partial charge >= 0.3 is 5.63 Å². The van der Waals surface area contributed by atoms with Gasteiger partial charge in [-0.15, -0.1) is 0 Å². The van der Waals surface area contributed by atoms with Crippen molar-refractivity contribution < 1.29 is 18.7 Å². The predicted octanol–water partition coefficient (Wildman–Crippen LogP) is 4.42. The van der Waals surface area contributed by atoms with Crippen molar-refractivity contribution in [3.63, 3.8) is 0 Å². The highest BCUT2D eigenvalue weighted by atomic mass is 16.5. The maximum absolute atomic E-state index is 12.8. The minimum absolute atomic E-state index is 0.293. The number of hydrogen-bond acceptors (Lipinski definition) is 6. The molecule has 2 aromatic heterocycles. The van der Waals surface area contributed by atoms with E-state index >= 15 is 0 Å². The SMILES string of the molecule is CCOc1cc(C(=O)Nc2ccc3oc(=O)ccc3c2)ccc1OCc1ccncc1. The third-order valence-electron chi connectivity index (χ3n) is 4.53. The molecule has 0 radical (unpaired) electrons. The van der Waals surface area contributed by atoms with Crippen molar-refractivity contribution in [1.82, 2.24) is 4.98 Å². The molecule has 0 atom stereocenters. The number of fused-ring (bicyclic) bond motifs is 1. The van der Waals surface area contributed by atoms with Crippen LogP contribution in [0.1, 0.15) is 22.8 Å². The smallest absolute Gasteiger partial charge is 0.336 e. The average Bonchev–Trinajstić information content (AvgIpc) is 2.79. The van der Waals surface area contributed by atoms with Gasteiger partial charge in [-0.25, -0.2) is 4.79 Å². The number of nitrogens with zero attached hydrogens (tertiary/aromatic N) is 1. The van der Waals surface area contributed by atoms with E-state index in [9.17, 15) is 9.59 Å². The summed E-state index contributed by atoms with van der Waals surface area (Å²) in [6.07, 6.45) is 3.41. The Kier molecular flexibility index (Phi) is 5.93. The van der Waals surface area contributed by atoms with E-state index in [1.807, 2.05) is 19.1 Å². The Morgan fingerprint density at radius 3 is 2.61 bits per heavy atom. The minimum Gasteiger partial charge on any atom is -0.490 e. The number of rotatable bonds is 7. The predicted molar refractivity (Wildman–Crippen MR) is 117 cm³/mol. The normalized spacial score (nSPS) is 10.6. The second kappa shape index (κ2) is 9.13. The lowest BCUT2D eigenvalue weighted by atomic mass is 10.1. The van der Waals surface area contributed by atoms with Gasteiger partial charge in [0, 0.05) is 35.1 Å². The number of hydrogen-bond donors (Lipinski definition) is 1. The van der Waals surface area contributed by atoms with Crippen LogP contribution in [0.3, 0.4) is 0 Å². The first-order valence-electron chi connectivity index (χ1n) is 9.76. The molecule has 0 bridgehead atoms. The van der Waals surface area contributed by atoms with Crippen LogP contribution >= 0.6 is 0 Å². The number of ether oxygens (including phenoxy) is 2. The highest BCUT2D eigenvalue weighted by Gasteiger charge is 2.13. The second-order valence-electron chi connectivity index (χ2n) is 6.70. The van der Waals surface area contributed by atoms with Crippen LogP contribution in [0.2, 0.25) is 0 Å². The number of amides is 1. The molecule has 0 aliphatic carbocycles. The fourth-order valence-electron chi connectivity index (χ4n) is 3.03. The number of pyridine rings is 1. The van der Waals surface area contributed by atoms with Gasteiger partial charge in [-0.1, -0.05) is 0 Å². The fraction of sp³-hybridized carbons (Fsp3) is 0.125. The van der Waals surface area contributed by atoms with Crippen LogP contribution in [0.4, 0.5) is 5.69 Å². The zero-order valence-electron chi connectivity index (χ0n) is 16.8. The van der Waals surface area contributed by atoms with Crippen LogP contribution in [0.5, 0.6) is 11.5 Å². The lowest BCUT2D eigenvalue weighted by Crippen LogP contribution is -2.12. The summed E-state index contributed by atoms with van der Waals surface area (Å²) in [6, 6.07) is 16.9. The average molecular weight is 416 g/mol. The Bertz CT molecular complexity index is 1270. The molecule has 0 aliphatic rings. The summed E-state index contributed by atoms with van der Waals surface area (Å²) >= 11 is 0. The van der Waals surface area contributed by atoms with Crippen molar-refractivity contribution in [1.29, 1.82) is 0 Å². The zero-order valence-corrected chi connectivity index (χ0v) is 16.8. The van der Waals surface area contributed by atoms with Crippen LogP contribution in [0.25, 0.3) is 11.0 Å². The molecule has 1 N–H and O–H groups in total. The molecule has 0 unspecified atom stereocenters. The summed E-state index contributed by atoms with van der Waals surface area (Å²) in [6.45, 7) is 2.67. The van der Waals surface area contributed by atoms with E-state index in [1.165, 1.54) is 6.07 Å². The van der Waals surface area contributed by atoms with Gasteiger partial charge in [0.2, 0.25) is 0 Å². The number of carbonyl (C=O) groups excluding carboxylic acids is 1. The molecule has 2 aromatic carbocycles. The van der Waals surface area contributed by atoms with E-state index in [1.54, 1.807) is 54.9 Å². The molecule has 0 fully saturated rings. The maximum Gasteiger partial charge on any atom is 0.336 e. The summed E-state index contributed by atoms with van der Waals surface area (Å²) in [5.41, 5.74) is 2.03. The summed E-state index contributed by atoms with van der Waals surface area (Å²) in [5.74, 6) is 0.749. The zero-order chi connectivity index (χ0) is 21.6.